The van der Waals surface area contributed by atoms with Crippen LogP contribution < -0.4 is 0 Å². The third-order valence-corrected chi connectivity index (χ3v) is 7.09. The smallest absolute Gasteiger partial charge is 0.416 e. The minimum Gasteiger partial charge on any atom is -0.481 e. The number of halogens is 9. The van der Waals surface area contributed by atoms with E-state index in [0.29, 0.717) is 17.5 Å². The minimum absolute atomic E-state index is 0.0568. The van der Waals surface area contributed by atoms with E-state index < -0.39 is 54.1 Å². The molecule has 2 aromatic carbocycles. The Morgan fingerprint density at radius 3 is 2.10 bits per heavy atom. The van der Waals surface area contributed by atoms with Crippen molar-refractivity contribution in [1.82, 2.24) is 4.90 Å². The summed E-state index contributed by atoms with van der Waals surface area (Å²) in [6.07, 6.45) is -14.6. The number of carboxylic acids is 1. The summed E-state index contributed by atoms with van der Waals surface area (Å²) in [6.45, 7) is 0.203. The molecule has 0 bridgehead atoms. The number of hydrogen-bond acceptors (Lipinski definition) is 2. The predicted octanol–water partition coefficient (Wildman–Crippen LogP) is 8.30. The summed E-state index contributed by atoms with van der Waals surface area (Å²) >= 11 is 0. The molecule has 1 fully saturated rings. The van der Waals surface area contributed by atoms with E-state index in [1.165, 1.54) is 24.3 Å². The molecule has 0 radical (unpaired) electrons. The number of carboxylic acid groups (broad SMARTS) is 1. The van der Waals surface area contributed by atoms with Crippen molar-refractivity contribution < 1.29 is 49.4 Å². The molecule has 1 aliphatic rings. The molecule has 1 aliphatic heterocycles. The van der Waals surface area contributed by atoms with Gasteiger partial charge in [-0.3, -0.25) is 9.69 Å². The van der Waals surface area contributed by atoms with E-state index in [9.17, 15) is 49.4 Å². The van der Waals surface area contributed by atoms with Crippen molar-refractivity contribution in [3.05, 3.63) is 70.8 Å². The number of aliphatic carboxylic acids is 1. The highest BCUT2D eigenvalue weighted by Crippen LogP contribution is 2.41. The number of piperidine rings is 1. The van der Waals surface area contributed by atoms with Crippen molar-refractivity contribution in [1.29, 1.82) is 0 Å². The molecule has 0 amide bonds. The lowest BCUT2D eigenvalue weighted by Gasteiger charge is -2.44. The average molecular weight is 570 g/mol. The zero-order valence-electron chi connectivity index (χ0n) is 20.7. The highest BCUT2D eigenvalue weighted by molar-refractivity contribution is 5.67. The van der Waals surface area contributed by atoms with Crippen molar-refractivity contribution in [2.45, 2.75) is 75.6 Å². The van der Waals surface area contributed by atoms with Crippen LogP contribution in [0.3, 0.4) is 0 Å². The van der Waals surface area contributed by atoms with Crippen LogP contribution in [0.5, 0.6) is 0 Å². The van der Waals surface area contributed by atoms with Gasteiger partial charge in [0.1, 0.15) is 0 Å². The molecule has 0 spiro atoms. The highest BCUT2D eigenvalue weighted by atomic mass is 19.4. The van der Waals surface area contributed by atoms with Gasteiger partial charge in [-0.1, -0.05) is 30.3 Å². The fourth-order valence-corrected chi connectivity index (χ4v) is 5.19. The van der Waals surface area contributed by atoms with Crippen LogP contribution in [0.1, 0.15) is 66.8 Å². The van der Waals surface area contributed by atoms with E-state index in [1.807, 2.05) is 0 Å². The summed E-state index contributed by atoms with van der Waals surface area (Å²) in [4.78, 5) is 13.1. The van der Waals surface area contributed by atoms with Crippen molar-refractivity contribution >= 4 is 5.97 Å². The molecule has 39 heavy (non-hydrogen) atoms. The van der Waals surface area contributed by atoms with Crippen molar-refractivity contribution in [3.8, 4) is 0 Å². The third-order valence-electron chi connectivity index (χ3n) is 7.09. The first-order valence-electron chi connectivity index (χ1n) is 12.4. The molecule has 2 aromatic rings. The lowest BCUT2D eigenvalue weighted by molar-refractivity contribution is -0.141. The molecule has 3 nitrogen and oxygen atoms in total. The summed E-state index contributed by atoms with van der Waals surface area (Å²) in [5.74, 6) is -1.39. The van der Waals surface area contributed by atoms with Gasteiger partial charge >= 0.3 is 24.5 Å². The second kappa shape index (κ2) is 12.2. The maximum Gasteiger partial charge on any atom is 0.416 e. The maximum atomic E-state index is 13.2. The summed E-state index contributed by atoms with van der Waals surface area (Å²) in [5, 5.41) is 9.24. The number of rotatable bonds is 9. The van der Waals surface area contributed by atoms with E-state index in [1.54, 1.807) is 4.90 Å². The molecule has 0 aromatic heterocycles. The number of carbonyl (C=O) groups is 1. The van der Waals surface area contributed by atoms with Crippen molar-refractivity contribution in [2.75, 3.05) is 6.54 Å². The van der Waals surface area contributed by atoms with Gasteiger partial charge in [-0.05, 0) is 73.9 Å². The Bertz CT molecular complexity index is 1090. The van der Waals surface area contributed by atoms with Gasteiger partial charge in [0.15, 0.2) is 0 Å². The van der Waals surface area contributed by atoms with Crippen molar-refractivity contribution in [3.63, 3.8) is 0 Å². The molecule has 12 heteroatoms. The van der Waals surface area contributed by atoms with Crippen LogP contribution in [-0.4, -0.2) is 34.7 Å². The fraction of sp³-hybridized carbons (Fsp3) is 0.519. The first kappa shape index (κ1) is 30.8. The topological polar surface area (TPSA) is 40.5 Å². The van der Waals surface area contributed by atoms with Gasteiger partial charge in [-0.2, -0.15) is 39.5 Å². The Labute approximate surface area is 219 Å². The van der Waals surface area contributed by atoms with Crippen LogP contribution >= 0.6 is 0 Å². The quantitative estimate of drug-likeness (QED) is 0.309. The molecular weight excluding hydrogens is 541 g/mol. The monoisotopic (exact) mass is 569 g/mol. The summed E-state index contributed by atoms with van der Waals surface area (Å²) in [7, 11) is 0. The zero-order valence-corrected chi connectivity index (χ0v) is 20.7. The van der Waals surface area contributed by atoms with E-state index in [4.69, 9.17) is 0 Å². The standard InChI is InChI=1S/C27H28F9NO2/c28-25(29,30)12-10-22(9-4-17-2-1-3-21(14-17)27(34,35)36)37-13-11-18(16-24(38)39)15-23(37)19-5-7-20(8-6-19)26(31,32)33/h1-3,5-8,14,18,22-23H,4,9-13,15-16H2,(H,38,39). The lowest BCUT2D eigenvalue weighted by atomic mass is 9.83. The minimum atomic E-state index is -4.59. The van der Waals surface area contributed by atoms with Gasteiger partial charge in [-0.25, -0.2) is 0 Å². The van der Waals surface area contributed by atoms with E-state index in [-0.39, 0.29) is 44.6 Å². The molecule has 1 N–H and O–H groups in total. The van der Waals surface area contributed by atoms with E-state index in [2.05, 4.69) is 0 Å². The highest BCUT2D eigenvalue weighted by Gasteiger charge is 2.38. The first-order valence-corrected chi connectivity index (χ1v) is 12.4. The summed E-state index contributed by atoms with van der Waals surface area (Å²) < 4.78 is 118. The van der Waals surface area contributed by atoms with E-state index in [0.717, 1.165) is 24.3 Å². The molecule has 3 rings (SSSR count). The number of nitrogens with zero attached hydrogens (tertiary/aromatic N) is 1. The molecule has 3 atom stereocenters. The van der Waals surface area contributed by atoms with Crippen LogP contribution in [0.15, 0.2) is 48.5 Å². The number of aryl methyl sites for hydroxylation is 1. The van der Waals surface area contributed by atoms with Gasteiger partial charge in [-0.15, -0.1) is 0 Å². The molecular formula is C27H28F9NO2. The average Bonchev–Trinajstić information content (AvgIpc) is 2.82. The van der Waals surface area contributed by atoms with Gasteiger partial charge in [0.25, 0.3) is 0 Å². The largest absolute Gasteiger partial charge is 0.481 e. The molecule has 0 saturated carbocycles. The predicted molar refractivity (Wildman–Crippen MR) is 125 cm³/mol. The zero-order chi connectivity index (χ0) is 29.0. The summed E-state index contributed by atoms with van der Waals surface area (Å²) in [5.41, 5.74) is -1.05. The van der Waals surface area contributed by atoms with Crippen molar-refractivity contribution in [2.24, 2.45) is 5.92 Å². The second-order valence-corrected chi connectivity index (χ2v) is 9.91. The molecule has 216 valence electrons. The maximum absolute atomic E-state index is 13.2. The van der Waals surface area contributed by atoms with Crippen LogP contribution in [0.4, 0.5) is 39.5 Å². The molecule has 1 heterocycles. The second-order valence-electron chi connectivity index (χ2n) is 9.91. The lowest BCUT2D eigenvalue weighted by Crippen LogP contribution is -2.44. The molecule has 0 aliphatic carbocycles. The van der Waals surface area contributed by atoms with Gasteiger partial charge in [0.05, 0.1) is 11.1 Å². The SMILES string of the molecule is O=C(O)CC1CCN(C(CCc2cccc(C(F)(F)F)c2)CCC(F)(F)F)C(c2ccc(C(F)(F)F)cc2)C1. The van der Waals surface area contributed by atoms with Gasteiger partial charge in [0, 0.05) is 24.9 Å². The molecule has 3 unspecified atom stereocenters. The third kappa shape index (κ3) is 9.15. The number of alkyl halides is 9. The van der Waals surface area contributed by atoms with Gasteiger partial charge < -0.3 is 5.11 Å². The normalized spacial score (nSPS) is 20.1. The Balaban J connectivity index is 1.90. The van der Waals surface area contributed by atoms with Crippen LogP contribution in [0, 0.1) is 5.92 Å². The number of benzene rings is 2. The van der Waals surface area contributed by atoms with Crippen LogP contribution in [0.2, 0.25) is 0 Å². The number of likely N-dealkylation sites (tertiary alicyclic amines) is 1. The summed E-state index contributed by atoms with van der Waals surface area (Å²) in [6, 6.07) is 7.39. The Kier molecular flexibility index (Phi) is 9.61. The Morgan fingerprint density at radius 1 is 0.897 bits per heavy atom. The Hall–Kier alpha value is -2.76. The first-order chi connectivity index (χ1) is 18.0. The van der Waals surface area contributed by atoms with E-state index >= 15 is 0 Å². The van der Waals surface area contributed by atoms with Crippen LogP contribution in [-0.2, 0) is 23.6 Å². The van der Waals surface area contributed by atoms with Gasteiger partial charge in [0.2, 0.25) is 0 Å². The van der Waals surface area contributed by atoms with Crippen LogP contribution in [0.25, 0.3) is 0 Å². The Morgan fingerprint density at radius 2 is 1.54 bits per heavy atom. The molecule has 1 saturated heterocycles. The number of hydrogen-bond donors (Lipinski definition) is 1. The fourth-order valence-electron chi connectivity index (χ4n) is 5.19.